The van der Waals surface area contributed by atoms with Crippen molar-refractivity contribution in [1.82, 2.24) is 15.0 Å². The zero-order chi connectivity index (χ0) is 14.8. The van der Waals surface area contributed by atoms with Crippen molar-refractivity contribution in [3.05, 3.63) is 17.5 Å². The molecular formula is C14H23N3O3. The molecule has 1 aromatic rings. The van der Waals surface area contributed by atoms with Crippen molar-refractivity contribution in [2.24, 2.45) is 0 Å². The summed E-state index contributed by atoms with van der Waals surface area (Å²) in [5, 5.41) is 14.3. The number of aryl methyl sites for hydroxylation is 1. The molecule has 1 N–H and O–H groups in total. The van der Waals surface area contributed by atoms with Crippen LogP contribution in [0, 0.1) is 6.92 Å². The number of likely N-dealkylation sites (tertiary alicyclic amines) is 1. The van der Waals surface area contributed by atoms with Crippen LogP contribution in [0.3, 0.4) is 0 Å². The Balaban J connectivity index is 1.96. The lowest BCUT2D eigenvalue weighted by Crippen LogP contribution is -2.54. The summed E-state index contributed by atoms with van der Waals surface area (Å²) in [7, 11) is 3.85. The number of amides is 1. The molecule has 6 heteroatoms. The first-order chi connectivity index (χ1) is 9.38. The standard InChI is InChI=1S/C14H23N3O3/c1-11-7-12(20-15-11)8-13(18)17-6-4-5-14(19,10-17)9-16(2)3/h7,19H,4-6,8-10H2,1-3H3/t14-/m0/s1. The number of carbonyl (C=O) groups excluding carboxylic acids is 1. The maximum absolute atomic E-state index is 12.3. The second-order valence-electron chi connectivity index (χ2n) is 5.99. The molecule has 2 rings (SSSR count). The van der Waals surface area contributed by atoms with Gasteiger partial charge >= 0.3 is 0 Å². The number of rotatable bonds is 4. The highest BCUT2D eigenvalue weighted by Crippen LogP contribution is 2.22. The number of carbonyl (C=O) groups is 1. The van der Waals surface area contributed by atoms with E-state index in [0.29, 0.717) is 25.4 Å². The molecule has 0 aromatic carbocycles. The Kier molecular flexibility index (Phi) is 4.45. The first-order valence-corrected chi connectivity index (χ1v) is 6.95. The summed E-state index contributed by atoms with van der Waals surface area (Å²) < 4.78 is 5.07. The van der Waals surface area contributed by atoms with E-state index in [1.54, 1.807) is 11.0 Å². The van der Waals surface area contributed by atoms with Crippen molar-refractivity contribution in [1.29, 1.82) is 0 Å². The van der Waals surface area contributed by atoms with Crippen molar-refractivity contribution in [2.75, 3.05) is 33.7 Å². The number of hydrogen-bond acceptors (Lipinski definition) is 5. The van der Waals surface area contributed by atoms with E-state index in [9.17, 15) is 9.90 Å². The number of aliphatic hydroxyl groups is 1. The molecule has 1 fully saturated rings. The van der Waals surface area contributed by atoms with Gasteiger partial charge in [0.15, 0.2) is 0 Å². The van der Waals surface area contributed by atoms with Gasteiger partial charge < -0.3 is 19.4 Å². The molecule has 1 amide bonds. The van der Waals surface area contributed by atoms with E-state index in [2.05, 4.69) is 5.16 Å². The van der Waals surface area contributed by atoms with Crippen molar-refractivity contribution in [3.8, 4) is 0 Å². The lowest BCUT2D eigenvalue weighted by Gasteiger charge is -2.40. The van der Waals surface area contributed by atoms with Gasteiger partial charge in [-0.05, 0) is 33.9 Å². The zero-order valence-corrected chi connectivity index (χ0v) is 12.4. The van der Waals surface area contributed by atoms with Gasteiger partial charge in [-0.25, -0.2) is 0 Å². The van der Waals surface area contributed by atoms with Gasteiger partial charge in [0.2, 0.25) is 5.91 Å². The Bertz CT molecular complexity index is 472. The summed E-state index contributed by atoms with van der Waals surface area (Å²) in [6, 6.07) is 1.77. The number of hydrogen-bond donors (Lipinski definition) is 1. The van der Waals surface area contributed by atoms with Crippen LogP contribution in [-0.2, 0) is 11.2 Å². The van der Waals surface area contributed by atoms with Crippen molar-refractivity contribution in [2.45, 2.75) is 31.8 Å². The molecule has 0 saturated carbocycles. The van der Waals surface area contributed by atoms with Crippen LogP contribution >= 0.6 is 0 Å². The third-order valence-electron chi connectivity index (χ3n) is 3.52. The predicted octanol–water partition coefficient (Wildman–Crippen LogP) is 0.441. The molecule has 0 unspecified atom stereocenters. The van der Waals surface area contributed by atoms with Crippen LogP contribution < -0.4 is 0 Å². The van der Waals surface area contributed by atoms with Crippen LogP contribution in [0.5, 0.6) is 0 Å². The largest absolute Gasteiger partial charge is 0.387 e. The van der Waals surface area contributed by atoms with E-state index >= 15 is 0 Å². The molecule has 1 aromatic heterocycles. The fraction of sp³-hybridized carbons (Fsp3) is 0.714. The van der Waals surface area contributed by atoms with Crippen LogP contribution in [0.4, 0.5) is 0 Å². The molecular weight excluding hydrogens is 258 g/mol. The summed E-state index contributed by atoms with van der Waals surface area (Å²) >= 11 is 0. The van der Waals surface area contributed by atoms with E-state index in [1.165, 1.54) is 0 Å². The molecule has 2 heterocycles. The van der Waals surface area contributed by atoms with Crippen molar-refractivity contribution < 1.29 is 14.4 Å². The summed E-state index contributed by atoms with van der Waals surface area (Å²) in [4.78, 5) is 15.9. The van der Waals surface area contributed by atoms with E-state index in [0.717, 1.165) is 18.5 Å². The molecule has 1 atom stereocenters. The third kappa shape index (κ3) is 3.80. The first kappa shape index (κ1) is 15.0. The van der Waals surface area contributed by atoms with Crippen molar-refractivity contribution >= 4 is 5.91 Å². The lowest BCUT2D eigenvalue weighted by atomic mass is 9.92. The second-order valence-corrected chi connectivity index (χ2v) is 5.99. The zero-order valence-electron chi connectivity index (χ0n) is 12.4. The van der Waals surface area contributed by atoms with Gasteiger partial charge in [0.25, 0.3) is 0 Å². The summed E-state index contributed by atoms with van der Waals surface area (Å²) in [5.41, 5.74) is -0.0371. The Morgan fingerprint density at radius 1 is 1.60 bits per heavy atom. The SMILES string of the molecule is Cc1cc(CC(=O)N2CCC[C@](O)(CN(C)C)C2)on1. The van der Waals surface area contributed by atoms with Gasteiger partial charge in [0, 0.05) is 19.2 Å². The summed E-state index contributed by atoms with van der Waals surface area (Å²) in [6.07, 6.45) is 1.76. The van der Waals surface area contributed by atoms with Gasteiger partial charge in [0.1, 0.15) is 5.76 Å². The Labute approximate surface area is 119 Å². The molecule has 0 bridgehead atoms. The minimum absolute atomic E-state index is 0.0157. The summed E-state index contributed by atoms with van der Waals surface area (Å²) in [6.45, 7) is 3.48. The molecule has 1 aliphatic rings. The van der Waals surface area contributed by atoms with E-state index in [4.69, 9.17) is 4.52 Å². The molecule has 6 nitrogen and oxygen atoms in total. The molecule has 0 aliphatic carbocycles. The van der Waals surface area contributed by atoms with E-state index in [1.807, 2.05) is 25.9 Å². The molecule has 1 aliphatic heterocycles. The summed E-state index contributed by atoms with van der Waals surface area (Å²) in [5.74, 6) is 0.562. The number of nitrogens with zero attached hydrogens (tertiary/aromatic N) is 3. The molecule has 112 valence electrons. The van der Waals surface area contributed by atoms with Gasteiger partial charge in [-0.2, -0.15) is 0 Å². The number of piperidine rings is 1. The fourth-order valence-electron chi connectivity index (χ4n) is 2.80. The first-order valence-electron chi connectivity index (χ1n) is 6.95. The monoisotopic (exact) mass is 281 g/mol. The van der Waals surface area contributed by atoms with E-state index in [-0.39, 0.29) is 12.3 Å². The Morgan fingerprint density at radius 3 is 2.95 bits per heavy atom. The Morgan fingerprint density at radius 2 is 2.35 bits per heavy atom. The average molecular weight is 281 g/mol. The minimum atomic E-state index is -0.811. The predicted molar refractivity (Wildman–Crippen MR) is 74.3 cm³/mol. The van der Waals surface area contributed by atoms with Crippen molar-refractivity contribution in [3.63, 3.8) is 0 Å². The lowest BCUT2D eigenvalue weighted by molar-refractivity contribution is -0.138. The highest BCUT2D eigenvalue weighted by atomic mass is 16.5. The van der Waals surface area contributed by atoms with Gasteiger partial charge in [0.05, 0.1) is 24.3 Å². The normalized spacial score (nSPS) is 23.4. The van der Waals surface area contributed by atoms with Crippen LogP contribution in [0.15, 0.2) is 10.6 Å². The molecule has 1 saturated heterocycles. The molecule has 20 heavy (non-hydrogen) atoms. The average Bonchev–Trinajstić information content (AvgIpc) is 2.73. The number of β-amino-alcohol motifs (C(OH)–C–C–N with tert-alkyl or cyclic N) is 1. The maximum Gasteiger partial charge on any atom is 0.230 e. The fourth-order valence-corrected chi connectivity index (χ4v) is 2.80. The van der Waals surface area contributed by atoms with Crippen LogP contribution in [-0.4, -0.2) is 65.3 Å². The highest BCUT2D eigenvalue weighted by Gasteiger charge is 2.35. The Hall–Kier alpha value is -1.40. The van der Waals surface area contributed by atoms with Gasteiger partial charge in [-0.1, -0.05) is 5.16 Å². The van der Waals surface area contributed by atoms with Gasteiger partial charge in [-0.15, -0.1) is 0 Å². The van der Waals surface area contributed by atoms with Gasteiger partial charge in [-0.3, -0.25) is 4.79 Å². The van der Waals surface area contributed by atoms with Crippen LogP contribution in [0.1, 0.15) is 24.3 Å². The third-order valence-corrected chi connectivity index (χ3v) is 3.52. The number of aromatic nitrogens is 1. The minimum Gasteiger partial charge on any atom is -0.387 e. The molecule has 0 spiro atoms. The molecule has 0 radical (unpaired) electrons. The van der Waals surface area contributed by atoms with E-state index < -0.39 is 5.60 Å². The maximum atomic E-state index is 12.3. The quantitative estimate of drug-likeness (QED) is 0.867. The van der Waals surface area contributed by atoms with Crippen LogP contribution in [0.25, 0.3) is 0 Å². The smallest absolute Gasteiger partial charge is 0.230 e. The highest BCUT2D eigenvalue weighted by molar-refractivity contribution is 5.78. The number of likely N-dealkylation sites (N-methyl/N-ethyl adjacent to an activating group) is 1. The second kappa shape index (κ2) is 5.93. The van der Waals surface area contributed by atoms with Crippen LogP contribution in [0.2, 0.25) is 0 Å². The topological polar surface area (TPSA) is 69.8 Å².